The first-order chi connectivity index (χ1) is 12.6. The van der Waals surface area contributed by atoms with Crippen molar-refractivity contribution in [2.75, 3.05) is 18.0 Å². The lowest BCUT2D eigenvalue weighted by molar-refractivity contribution is -0.122. The van der Waals surface area contributed by atoms with Crippen molar-refractivity contribution >= 4 is 22.9 Å². The molecule has 0 unspecified atom stereocenters. The van der Waals surface area contributed by atoms with Crippen molar-refractivity contribution in [2.45, 2.75) is 12.8 Å². The number of carbonyl (C=O) groups is 1. The molecule has 0 saturated carbocycles. The number of carbonyl (C=O) groups excluding carboxylic acids is 1. The Morgan fingerprint density at radius 1 is 1.15 bits per heavy atom. The van der Waals surface area contributed by atoms with E-state index in [1.54, 1.807) is 6.20 Å². The van der Waals surface area contributed by atoms with Gasteiger partial charge < -0.3 is 10.6 Å². The number of H-pyrrole nitrogens is 1. The summed E-state index contributed by atoms with van der Waals surface area (Å²) < 4.78 is 0. The summed E-state index contributed by atoms with van der Waals surface area (Å²) in [6.45, 7) is 1.25. The molecule has 7 nitrogen and oxygen atoms in total. The Morgan fingerprint density at radius 3 is 2.58 bits per heavy atom. The minimum absolute atomic E-state index is 0.110. The van der Waals surface area contributed by atoms with E-state index in [9.17, 15) is 9.59 Å². The minimum Gasteiger partial charge on any atom is -0.369 e. The molecule has 26 heavy (non-hydrogen) atoms. The number of hydrogen-bond donors (Lipinski definition) is 2. The molecule has 0 aliphatic carbocycles. The third-order valence-corrected chi connectivity index (χ3v) is 4.88. The summed E-state index contributed by atoms with van der Waals surface area (Å²) in [7, 11) is 0. The Bertz CT molecular complexity index is 1010. The van der Waals surface area contributed by atoms with Gasteiger partial charge in [-0.3, -0.25) is 14.6 Å². The molecular weight excluding hydrogens is 330 g/mol. The predicted octanol–water partition coefficient (Wildman–Crippen LogP) is 1.69. The highest BCUT2D eigenvalue weighted by Gasteiger charge is 2.25. The maximum atomic E-state index is 12.8. The number of hydrogen-bond acceptors (Lipinski definition) is 5. The zero-order valence-corrected chi connectivity index (χ0v) is 14.2. The van der Waals surface area contributed by atoms with Gasteiger partial charge >= 0.3 is 0 Å². The summed E-state index contributed by atoms with van der Waals surface area (Å²) >= 11 is 0. The van der Waals surface area contributed by atoms with E-state index in [0.29, 0.717) is 42.9 Å². The number of aromatic nitrogens is 3. The van der Waals surface area contributed by atoms with Gasteiger partial charge in [0.2, 0.25) is 11.9 Å². The van der Waals surface area contributed by atoms with E-state index in [4.69, 9.17) is 5.73 Å². The number of primary amides is 1. The van der Waals surface area contributed by atoms with Crippen molar-refractivity contribution in [1.29, 1.82) is 0 Å². The summed E-state index contributed by atoms with van der Waals surface area (Å²) in [5.41, 5.74) is 7.34. The highest BCUT2D eigenvalue weighted by atomic mass is 16.1. The second-order valence-corrected chi connectivity index (χ2v) is 6.48. The summed E-state index contributed by atoms with van der Waals surface area (Å²) in [6.07, 6.45) is 2.99. The number of piperidine rings is 1. The normalized spacial score (nSPS) is 15.3. The average molecular weight is 349 g/mol. The molecule has 3 aromatic rings. The molecule has 0 radical (unpaired) electrons. The molecule has 1 fully saturated rings. The lowest BCUT2D eigenvalue weighted by Gasteiger charge is -2.30. The molecule has 1 aliphatic heterocycles. The number of rotatable bonds is 3. The van der Waals surface area contributed by atoms with E-state index in [2.05, 4.69) is 15.0 Å². The number of amides is 1. The van der Waals surface area contributed by atoms with Crippen LogP contribution in [0.1, 0.15) is 12.8 Å². The summed E-state index contributed by atoms with van der Waals surface area (Å²) in [4.78, 5) is 37.8. The van der Waals surface area contributed by atoms with Crippen LogP contribution in [0.5, 0.6) is 0 Å². The fourth-order valence-corrected chi connectivity index (χ4v) is 3.44. The number of pyridine rings is 1. The van der Waals surface area contributed by atoms with Crippen LogP contribution in [0.15, 0.2) is 47.4 Å². The quantitative estimate of drug-likeness (QED) is 0.748. The molecule has 1 amide bonds. The average Bonchev–Trinajstić information content (AvgIpc) is 2.68. The first-order valence-electron chi connectivity index (χ1n) is 8.62. The predicted molar refractivity (Wildman–Crippen MR) is 99.7 cm³/mol. The monoisotopic (exact) mass is 349 g/mol. The zero-order valence-electron chi connectivity index (χ0n) is 14.2. The lowest BCUT2D eigenvalue weighted by Crippen LogP contribution is -2.40. The SMILES string of the molecule is NC(=O)C1CCN(c2nc3nccc(-c4ccccc4)c3c(=O)[nH]2)CC1. The van der Waals surface area contributed by atoms with Gasteiger partial charge in [0.15, 0.2) is 5.65 Å². The van der Waals surface area contributed by atoms with Crippen LogP contribution >= 0.6 is 0 Å². The Labute approximate surface area is 149 Å². The van der Waals surface area contributed by atoms with Gasteiger partial charge in [-0.1, -0.05) is 30.3 Å². The molecule has 2 aromatic heterocycles. The minimum atomic E-state index is -0.265. The molecule has 1 saturated heterocycles. The maximum Gasteiger partial charge on any atom is 0.262 e. The van der Waals surface area contributed by atoms with Gasteiger partial charge in [-0.05, 0) is 30.0 Å². The van der Waals surface area contributed by atoms with Crippen molar-refractivity contribution < 1.29 is 4.79 Å². The van der Waals surface area contributed by atoms with E-state index in [0.717, 1.165) is 11.1 Å². The molecule has 0 atom stereocenters. The van der Waals surface area contributed by atoms with Gasteiger partial charge in [-0.2, -0.15) is 4.98 Å². The highest BCUT2D eigenvalue weighted by molar-refractivity contribution is 5.92. The van der Waals surface area contributed by atoms with Crippen molar-refractivity contribution in [2.24, 2.45) is 11.7 Å². The molecule has 1 aliphatic rings. The molecule has 7 heteroatoms. The van der Waals surface area contributed by atoms with Crippen LogP contribution < -0.4 is 16.2 Å². The zero-order chi connectivity index (χ0) is 18.1. The molecule has 132 valence electrons. The molecule has 0 bridgehead atoms. The topological polar surface area (TPSA) is 105 Å². The molecule has 4 rings (SSSR count). The first-order valence-corrected chi connectivity index (χ1v) is 8.62. The Balaban J connectivity index is 1.73. The molecule has 0 spiro atoms. The van der Waals surface area contributed by atoms with Crippen LogP contribution in [-0.2, 0) is 4.79 Å². The number of nitrogens with one attached hydrogen (secondary N) is 1. The number of anilines is 1. The van der Waals surface area contributed by atoms with Crippen LogP contribution in [0.25, 0.3) is 22.2 Å². The number of benzene rings is 1. The van der Waals surface area contributed by atoms with Crippen LogP contribution in [0, 0.1) is 5.92 Å². The number of nitrogens with zero attached hydrogens (tertiary/aromatic N) is 3. The maximum absolute atomic E-state index is 12.8. The highest BCUT2D eigenvalue weighted by Crippen LogP contribution is 2.25. The van der Waals surface area contributed by atoms with Crippen molar-refractivity contribution in [3.63, 3.8) is 0 Å². The van der Waals surface area contributed by atoms with E-state index in [1.165, 1.54) is 0 Å². The van der Waals surface area contributed by atoms with Gasteiger partial charge in [0, 0.05) is 25.2 Å². The number of aromatic amines is 1. The second kappa shape index (κ2) is 6.59. The largest absolute Gasteiger partial charge is 0.369 e. The molecule has 3 N–H and O–H groups in total. The standard InChI is InChI=1S/C19H19N5O2/c20-16(25)13-7-10-24(11-8-13)19-22-17-15(18(26)23-19)14(6-9-21-17)12-4-2-1-3-5-12/h1-6,9,13H,7-8,10-11H2,(H2,20,25)(H,21,22,23,26). The smallest absolute Gasteiger partial charge is 0.262 e. The van der Waals surface area contributed by atoms with E-state index in [1.807, 2.05) is 41.3 Å². The van der Waals surface area contributed by atoms with Crippen molar-refractivity contribution in [1.82, 2.24) is 15.0 Å². The van der Waals surface area contributed by atoms with Gasteiger partial charge in [0.25, 0.3) is 5.56 Å². The molecular formula is C19H19N5O2. The number of fused-ring (bicyclic) bond motifs is 1. The molecule has 3 heterocycles. The summed E-state index contributed by atoms with van der Waals surface area (Å²) in [5.74, 6) is 0.114. The fourth-order valence-electron chi connectivity index (χ4n) is 3.44. The van der Waals surface area contributed by atoms with Gasteiger partial charge in [0.1, 0.15) is 0 Å². The second-order valence-electron chi connectivity index (χ2n) is 6.48. The summed E-state index contributed by atoms with van der Waals surface area (Å²) in [5, 5.41) is 0.481. The third kappa shape index (κ3) is 2.92. The van der Waals surface area contributed by atoms with Gasteiger partial charge in [0.05, 0.1) is 5.39 Å². The van der Waals surface area contributed by atoms with Crippen molar-refractivity contribution in [3.05, 3.63) is 52.9 Å². The Morgan fingerprint density at radius 2 is 1.88 bits per heavy atom. The lowest BCUT2D eigenvalue weighted by atomic mass is 9.96. The van der Waals surface area contributed by atoms with E-state index < -0.39 is 0 Å². The van der Waals surface area contributed by atoms with Crippen LogP contribution in [0.4, 0.5) is 5.95 Å². The van der Waals surface area contributed by atoms with Crippen LogP contribution in [0.3, 0.4) is 0 Å². The van der Waals surface area contributed by atoms with Crippen molar-refractivity contribution in [3.8, 4) is 11.1 Å². The number of nitrogens with two attached hydrogens (primary N) is 1. The van der Waals surface area contributed by atoms with Crippen LogP contribution in [0.2, 0.25) is 0 Å². The van der Waals surface area contributed by atoms with E-state index >= 15 is 0 Å². The Kier molecular flexibility index (Phi) is 4.12. The third-order valence-electron chi connectivity index (χ3n) is 4.88. The van der Waals surface area contributed by atoms with Gasteiger partial charge in [-0.15, -0.1) is 0 Å². The van der Waals surface area contributed by atoms with Crippen LogP contribution in [-0.4, -0.2) is 33.9 Å². The first kappa shape index (κ1) is 16.3. The summed E-state index contributed by atoms with van der Waals surface area (Å²) in [6, 6.07) is 11.5. The van der Waals surface area contributed by atoms with Gasteiger partial charge in [-0.25, -0.2) is 4.98 Å². The Hall–Kier alpha value is -3.22. The fraction of sp³-hybridized carbons (Fsp3) is 0.263. The van der Waals surface area contributed by atoms with E-state index in [-0.39, 0.29) is 17.4 Å². The molecule has 1 aromatic carbocycles.